The van der Waals surface area contributed by atoms with Gasteiger partial charge in [-0.2, -0.15) is 0 Å². The van der Waals surface area contributed by atoms with Crippen molar-refractivity contribution >= 4 is 29.3 Å². The molecule has 0 aromatic rings. The largest absolute Gasteiger partial charge is 0.295 e. The van der Waals surface area contributed by atoms with Gasteiger partial charge in [-0.05, 0) is 26.4 Å². The van der Waals surface area contributed by atoms with E-state index in [-0.39, 0.29) is 5.78 Å². The molecule has 0 N–H and O–H groups in total. The fourth-order valence-electron chi connectivity index (χ4n) is 0.533. The molecule has 0 unspecified atom stereocenters. The van der Waals surface area contributed by atoms with Gasteiger partial charge < -0.3 is 0 Å². The minimum Gasteiger partial charge on any atom is -0.295 e. The first-order chi connectivity index (χ1) is 4.63. The molecule has 0 aromatic carbocycles. The van der Waals surface area contributed by atoms with E-state index in [1.165, 1.54) is 0 Å². The molecule has 0 spiro atoms. The number of allylic oxidation sites excluding steroid dienone is 1. The average Bonchev–Trinajstić information content (AvgIpc) is 1.90. The number of hydrogen-bond acceptors (Lipinski definition) is 3. The van der Waals surface area contributed by atoms with Crippen LogP contribution < -0.4 is 0 Å². The highest BCUT2D eigenvalue weighted by atomic mass is 32.2. The van der Waals surface area contributed by atoms with E-state index in [1.807, 2.05) is 19.4 Å². The van der Waals surface area contributed by atoms with Crippen molar-refractivity contribution < 1.29 is 4.79 Å². The summed E-state index contributed by atoms with van der Waals surface area (Å²) in [5.41, 5.74) is 0.875. The summed E-state index contributed by atoms with van der Waals surface area (Å²) in [5, 5.41) is 0. The molecule has 1 nitrogen and oxygen atoms in total. The van der Waals surface area contributed by atoms with Gasteiger partial charge in [-0.15, -0.1) is 23.5 Å². The molecule has 0 fully saturated rings. The van der Waals surface area contributed by atoms with Crippen LogP contribution >= 0.6 is 23.5 Å². The highest BCUT2D eigenvalue weighted by Crippen LogP contribution is 2.27. The monoisotopic (exact) mass is 176 g/mol. The Balaban J connectivity index is 4.43. The zero-order valence-electron chi connectivity index (χ0n) is 6.72. The topological polar surface area (TPSA) is 17.1 Å². The Morgan fingerprint density at radius 3 is 1.60 bits per heavy atom. The first-order valence-corrected chi connectivity index (χ1v) is 5.38. The van der Waals surface area contributed by atoms with Crippen molar-refractivity contribution in [2.24, 2.45) is 0 Å². The van der Waals surface area contributed by atoms with Crippen LogP contribution in [0, 0.1) is 0 Å². The van der Waals surface area contributed by atoms with E-state index in [2.05, 4.69) is 0 Å². The van der Waals surface area contributed by atoms with Crippen LogP contribution in [0.5, 0.6) is 0 Å². The van der Waals surface area contributed by atoms with Gasteiger partial charge in [-0.3, -0.25) is 4.79 Å². The minimum absolute atomic E-state index is 0.165. The normalized spacial score (nSPS) is 9.20. The number of carbonyl (C=O) groups is 1. The maximum atomic E-state index is 10.8. The van der Waals surface area contributed by atoms with Crippen LogP contribution in [0.3, 0.4) is 0 Å². The number of rotatable bonds is 3. The summed E-state index contributed by atoms with van der Waals surface area (Å²) in [7, 11) is 0. The van der Waals surface area contributed by atoms with E-state index in [1.54, 1.807) is 30.4 Å². The van der Waals surface area contributed by atoms with Gasteiger partial charge in [0.15, 0.2) is 5.78 Å². The van der Waals surface area contributed by atoms with Crippen molar-refractivity contribution in [2.45, 2.75) is 13.8 Å². The molecule has 58 valence electrons. The summed E-state index contributed by atoms with van der Waals surface area (Å²) < 4.78 is 1.12. The molecular weight excluding hydrogens is 164 g/mol. The lowest BCUT2D eigenvalue weighted by Crippen LogP contribution is -1.92. The van der Waals surface area contributed by atoms with Gasteiger partial charge in [0.2, 0.25) is 0 Å². The molecule has 0 bridgehead atoms. The Kier molecular flexibility index (Phi) is 4.91. The van der Waals surface area contributed by atoms with Crippen LogP contribution in [0.2, 0.25) is 0 Å². The maximum Gasteiger partial charge on any atom is 0.157 e. The van der Waals surface area contributed by atoms with E-state index >= 15 is 0 Å². The molecular formula is C7H12OS2. The summed E-state index contributed by atoms with van der Waals surface area (Å²) >= 11 is 3.26. The Hall–Kier alpha value is 0.110. The molecule has 0 atom stereocenters. The predicted molar refractivity (Wildman–Crippen MR) is 50.4 cm³/mol. The molecule has 0 aliphatic heterocycles. The third-order valence-electron chi connectivity index (χ3n) is 1.21. The number of Topliss-reactive ketones (excluding diaryl/α,β-unsaturated/α-hetero) is 1. The Bertz CT molecular complexity index is 155. The molecule has 0 amide bonds. The SMILES string of the molecule is CSC(SC)=C(C)C(C)=O. The van der Waals surface area contributed by atoms with Gasteiger partial charge in [0.05, 0.1) is 0 Å². The van der Waals surface area contributed by atoms with Gasteiger partial charge >= 0.3 is 0 Å². The number of hydrogen-bond donors (Lipinski definition) is 0. The highest BCUT2D eigenvalue weighted by Gasteiger charge is 2.03. The molecule has 0 aromatic heterocycles. The summed E-state index contributed by atoms with van der Waals surface area (Å²) in [6, 6.07) is 0. The predicted octanol–water partition coefficient (Wildman–Crippen LogP) is 2.53. The van der Waals surface area contributed by atoms with Crippen molar-refractivity contribution in [3.8, 4) is 0 Å². The van der Waals surface area contributed by atoms with Gasteiger partial charge in [-0.25, -0.2) is 0 Å². The third kappa shape index (κ3) is 2.80. The third-order valence-corrected chi connectivity index (χ3v) is 3.56. The van der Waals surface area contributed by atoms with E-state index < -0.39 is 0 Å². The van der Waals surface area contributed by atoms with Crippen molar-refractivity contribution in [3.05, 3.63) is 9.81 Å². The fourth-order valence-corrected chi connectivity index (χ4v) is 2.10. The maximum absolute atomic E-state index is 10.8. The second-order valence-electron chi connectivity index (χ2n) is 1.88. The molecule has 3 heteroatoms. The summed E-state index contributed by atoms with van der Waals surface area (Å²) in [6.07, 6.45) is 3.97. The van der Waals surface area contributed by atoms with Crippen LogP contribution in [0.4, 0.5) is 0 Å². The quantitative estimate of drug-likeness (QED) is 0.615. The number of thioether (sulfide) groups is 2. The first kappa shape index (κ1) is 10.1. The van der Waals surface area contributed by atoms with Crippen LogP contribution in [0.25, 0.3) is 0 Å². The minimum atomic E-state index is 0.165. The zero-order chi connectivity index (χ0) is 8.15. The van der Waals surface area contributed by atoms with E-state index in [0.29, 0.717) is 0 Å². The van der Waals surface area contributed by atoms with Gasteiger partial charge in [0.1, 0.15) is 0 Å². The van der Waals surface area contributed by atoms with Crippen LogP contribution in [0.1, 0.15) is 13.8 Å². The Morgan fingerprint density at radius 2 is 1.50 bits per heavy atom. The lowest BCUT2D eigenvalue weighted by molar-refractivity contribution is -0.113. The number of carbonyl (C=O) groups excluding carboxylic acids is 1. The van der Waals surface area contributed by atoms with E-state index in [9.17, 15) is 4.79 Å². The molecule has 0 radical (unpaired) electrons. The zero-order valence-corrected chi connectivity index (χ0v) is 8.36. The Morgan fingerprint density at radius 1 is 1.10 bits per heavy atom. The average molecular weight is 176 g/mol. The van der Waals surface area contributed by atoms with Gasteiger partial charge in [0.25, 0.3) is 0 Å². The second-order valence-corrected chi connectivity index (χ2v) is 3.77. The van der Waals surface area contributed by atoms with Crippen molar-refractivity contribution in [1.82, 2.24) is 0 Å². The molecule has 0 rings (SSSR count). The van der Waals surface area contributed by atoms with Crippen molar-refractivity contribution in [1.29, 1.82) is 0 Å². The first-order valence-electron chi connectivity index (χ1n) is 2.93. The summed E-state index contributed by atoms with van der Waals surface area (Å²) in [4.78, 5) is 10.8. The molecule has 0 heterocycles. The highest BCUT2D eigenvalue weighted by molar-refractivity contribution is 8.21. The Labute approximate surface area is 70.6 Å². The van der Waals surface area contributed by atoms with E-state index in [4.69, 9.17) is 0 Å². The van der Waals surface area contributed by atoms with Crippen molar-refractivity contribution in [2.75, 3.05) is 12.5 Å². The summed E-state index contributed by atoms with van der Waals surface area (Å²) in [5.74, 6) is 0.165. The fraction of sp³-hybridized carbons (Fsp3) is 0.571. The van der Waals surface area contributed by atoms with Gasteiger partial charge in [-0.1, -0.05) is 0 Å². The van der Waals surface area contributed by atoms with E-state index in [0.717, 1.165) is 9.81 Å². The number of ketones is 1. The molecule has 0 saturated carbocycles. The van der Waals surface area contributed by atoms with Crippen LogP contribution in [-0.4, -0.2) is 18.3 Å². The summed E-state index contributed by atoms with van der Waals surface area (Å²) in [6.45, 7) is 3.46. The van der Waals surface area contributed by atoms with Crippen LogP contribution in [-0.2, 0) is 4.79 Å². The van der Waals surface area contributed by atoms with Gasteiger partial charge in [0, 0.05) is 9.81 Å². The van der Waals surface area contributed by atoms with Crippen LogP contribution in [0.15, 0.2) is 9.81 Å². The van der Waals surface area contributed by atoms with Crippen molar-refractivity contribution in [3.63, 3.8) is 0 Å². The standard InChI is InChI=1S/C7H12OS2/c1-5(6(2)8)7(9-3)10-4/h1-4H3. The lowest BCUT2D eigenvalue weighted by Gasteiger charge is -2.01. The smallest absolute Gasteiger partial charge is 0.157 e. The second kappa shape index (κ2) is 4.85. The lowest BCUT2D eigenvalue weighted by atomic mass is 10.2. The molecule has 10 heavy (non-hydrogen) atoms. The molecule has 0 saturated heterocycles. The molecule has 0 aliphatic carbocycles. The molecule has 0 aliphatic rings.